The van der Waals surface area contributed by atoms with E-state index in [4.69, 9.17) is 11.6 Å². The molecular formula is C18H24ClN3. The first kappa shape index (κ1) is 15.5. The maximum Gasteiger partial charge on any atom is 0.143 e. The summed E-state index contributed by atoms with van der Waals surface area (Å²) < 4.78 is 2.37. The van der Waals surface area contributed by atoms with E-state index < -0.39 is 0 Å². The van der Waals surface area contributed by atoms with Crippen molar-refractivity contribution >= 4 is 11.6 Å². The zero-order valence-electron chi connectivity index (χ0n) is 13.5. The molecule has 118 valence electrons. The summed E-state index contributed by atoms with van der Waals surface area (Å²) in [5.74, 6) is 2.26. The Labute approximate surface area is 137 Å². The zero-order valence-corrected chi connectivity index (χ0v) is 14.2. The first-order chi connectivity index (χ1) is 10.6. The topological polar surface area (TPSA) is 30.7 Å². The van der Waals surface area contributed by atoms with Crippen LogP contribution in [0.25, 0.3) is 0 Å². The molecule has 4 heteroatoms. The maximum atomic E-state index is 6.05. The Morgan fingerprint density at radius 1 is 1.09 bits per heavy atom. The summed E-state index contributed by atoms with van der Waals surface area (Å²) in [6.07, 6.45) is 7.10. The molecule has 0 saturated heterocycles. The van der Waals surface area contributed by atoms with Crippen LogP contribution in [0.15, 0.2) is 24.3 Å². The van der Waals surface area contributed by atoms with Crippen molar-refractivity contribution in [2.75, 3.05) is 0 Å². The van der Waals surface area contributed by atoms with Crippen LogP contribution in [0.3, 0.4) is 0 Å². The number of hydrogen-bond donors (Lipinski definition) is 0. The van der Waals surface area contributed by atoms with Crippen molar-refractivity contribution < 1.29 is 0 Å². The Balaban J connectivity index is 2.05. The number of halogens is 1. The molecular weight excluding hydrogens is 294 g/mol. The van der Waals surface area contributed by atoms with E-state index in [1.54, 1.807) is 0 Å². The van der Waals surface area contributed by atoms with Gasteiger partial charge in [-0.25, -0.2) is 0 Å². The van der Waals surface area contributed by atoms with Crippen LogP contribution in [0.2, 0.25) is 5.02 Å². The molecule has 0 fully saturated rings. The Kier molecular flexibility index (Phi) is 4.53. The van der Waals surface area contributed by atoms with Crippen molar-refractivity contribution in [1.82, 2.24) is 14.8 Å². The van der Waals surface area contributed by atoms with Crippen LogP contribution in [0, 0.1) is 0 Å². The molecule has 2 aromatic rings. The molecule has 0 amide bonds. The molecule has 1 aliphatic heterocycles. The third-order valence-electron chi connectivity index (χ3n) is 5.04. The van der Waals surface area contributed by atoms with Gasteiger partial charge in [0.25, 0.3) is 0 Å². The first-order valence-electron chi connectivity index (χ1n) is 8.34. The molecule has 0 N–H and O–H groups in total. The molecule has 2 heterocycles. The third kappa shape index (κ3) is 2.79. The van der Waals surface area contributed by atoms with Crippen LogP contribution in [0.1, 0.15) is 63.2 Å². The van der Waals surface area contributed by atoms with Gasteiger partial charge in [0, 0.05) is 18.0 Å². The lowest BCUT2D eigenvalue weighted by Crippen LogP contribution is -2.28. The number of aryl methyl sites for hydroxylation is 1. The quantitative estimate of drug-likeness (QED) is 0.816. The molecule has 1 aromatic heterocycles. The molecule has 0 saturated carbocycles. The van der Waals surface area contributed by atoms with Crippen LogP contribution < -0.4 is 0 Å². The smallest absolute Gasteiger partial charge is 0.143 e. The standard InChI is InChI=1S/C18H24ClN3/c1-3-18(2,14-9-11-15(19)12-10-14)17-21-20-16-8-6-4-5-7-13-22(16)17/h9-12H,3-8,13H2,1-2H3/t18-/m1/s1. The highest BCUT2D eigenvalue weighted by molar-refractivity contribution is 6.30. The predicted octanol–water partition coefficient (Wildman–Crippen LogP) is 4.76. The highest BCUT2D eigenvalue weighted by Gasteiger charge is 2.33. The van der Waals surface area contributed by atoms with Crippen molar-refractivity contribution in [3.05, 3.63) is 46.5 Å². The van der Waals surface area contributed by atoms with E-state index in [0.717, 1.165) is 36.1 Å². The number of aromatic nitrogens is 3. The minimum atomic E-state index is -0.116. The van der Waals surface area contributed by atoms with Gasteiger partial charge in [0.1, 0.15) is 11.6 Å². The van der Waals surface area contributed by atoms with Crippen molar-refractivity contribution in [2.45, 2.75) is 64.3 Å². The molecule has 0 unspecified atom stereocenters. The van der Waals surface area contributed by atoms with Gasteiger partial charge in [0.15, 0.2) is 0 Å². The van der Waals surface area contributed by atoms with Crippen LogP contribution in [0.4, 0.5) is 0 Å². The van der Waals surface area contributed by atoms with Gasteiger partial charge in [0.2, 0.25) is 0 Å². The van der Waals surface area contributed by atoms with E-state index in [9.17, 15) is 0 Å². The summed E-state index contributed by atoms with van der Waals surface area (Å²) in [6, 6.07) is 8.18. The Hall–Kier alpha value is -1.35. The van der Waals surface area contributed by atoms with Gasteiger partial charge in [-0.3, -0.25) is 0 Å². The summed E-state index contributed by atoms with van der Waals surface area (Å²) in [7, 11) is 0. The molecule has 0 bridgehead atoms. The lowest BCUT2D eigenvalue weighted by molar-refractivity contribution is 0.445. The van der Waals surface area contributed by atoms with E-state index in [2.05, 4.69) is 40.7 Å². The summed E-state index contributed by atoms with van der Waals surface area (Å²) in [4.78, 5) is 0. The van der Waals surface area contributed by atoms with E-state index in [1.807, 2.05) is 12.1 Å². The molecule has 1 atom stereocenters. The second-order valence-corrected chi connectivity index (χ2v) is 6.88. The normalized spacial score (nSPS) is 18.1. The third-order valence-corrected chi connectivity index (χ3v) is 5.29. The maximum absolute atomic E-state index is 6.05. The zero-order chi connectivity index (χ0) is 15.6. The molecule has 0 radical (unpaired) electrons. The van der Waals surface area contributed by atoms with E-state index >= 15 is 0 Å². The fourth-order valence-electron chi connectivity index (χ4n) is 3.38. The molecule has 22 heavy (non-hydrogen) atoms. The number of fused-ring (bicyclic) bond motifs is 1. The monoisotopic (exact) mass is 317 g/mol. The number of nitrogens with zero attached hydrogens (tertiary/aromatic N) is 3. The largest absolute Gasteiger partial charge is 0.314 e. The minimum absolute atomic E-state index is 0.116. The van der Waals surface area contributed by atoms with Crippen LogP contribution >= 0.6 is 11.6 Å². The predicted molar refractivity (Wildman–Crippen MR) is 90.4 cm³/mol. The second-order valence-electron chi connectivity index (χ2n) is 6.45. The Morgan fingerprint density at radius 2 is 1.82 bits per heavy atom. The van der Waals surface area contributed by atoms with Crippen molar-refractivity contribution in [3.63, 3.8) is 0 Å². The van der Waals surface area contributed by atoms with Crippen LogP contribution in [0.5, 0.6) is 0 Å². The number of rotatable bonds is 3. The first-order valence-corrected chi connectivity index (χ1v) is 8.71. The molecule has 1 aliphatic rings. The van der Waals surface area contributed by atoms with E-state index in [0.29, 0.717) is 0 Å². The van der Waals surface area contributed by atoms with Crippen molar-refractivity contribution in [3.8, 4) is 0 Å². The Morgan fingerprint density at radius 3 is 2.55 bits per heavy atom. The number of hydrogen-bond acceptors (Lipinski definition) is 2. The van der Waals surface area contributed by atoms with Gasteiger partial charge in [-0.2, -0.15) is 0 Å². The lowest BCUT2D eigenvalue weighted by atomic mass is 9.79. The van der Waals surface area contributed by atoms with Crippen molar-refractivity contribution in [1.29, 1.82) is 0 Å². The van der Waals surface area contributed by atoms with E-state index in [-0.39, 0.29) is 5.41 Å². The van der Waals surface area contributed by atoms with Gasteiger partial charge in [-0.1, -0.05) is 43.5 Å². The van der Waals surface area contributed by atoms with Gasteiger partial charge in [0.05, 0.1) is 5.41 Å². The average Bonchev–Trinajstić information content (AvgIpc) is 2.89. The van der Waals surface area contributed by atoms with Gasteiger partial charge in [-0.15, -0.1) is 10.2 Å². The van der Waals surface area contributed by atoms with Gasteiger partial charge >= 0.3 is 0 Å². The van der Waals surface area contributed by atoms with Gasteiger partial charge in [-0.05, 0) is 43.9 Å². The molecule has 0 aliphatic carbocycles. The average molecular weight is 318 g/mol. The summed E-state index contributed by atoms with van der Waals surface area (Å²) in [6.45, 7) is 5.53. The fourth-order valence-corrected chi connectivity index (χ4v) is 3.51. The summed E-state index contributed by atoms with van der Waals surface area (Å²) >= 11 is 6.05. The molecule has 3 nitrogen and oxygen atoms in total. The fraction of sp³-hybridized carbons (Fsp3) is 0.556. The Bertz CT molecular complexity index is 632. The van der Waals surface area contributed by atoms with Crippen LogP contribution in [-0.2, 0) is 18.4 Å². The highest BCUT2D eigenvalue weighted by Crippen LogP contribution is 2.35. The van der Waals surface area contributed by atoms with Gasteiger partial charge < -0.3 is 4.57 Å². The summed E-state index contributed by atoms with van der Waals surface area (Å²) in [5.41, 5.74) is 1.14. The van der Waals surface area contributed by atoms with Crippen molar-refractivity contribution in [2.24, 2.45) is 0 Å². The minimum Gasteiger partial charge on any atom is -0.314 e. The van der Waals surface area contributed by atoms with E-state index in [1.165, 1.54) is 31.2 Å². The molecule has 3 rings (SSSR count). The van der Waals surface area contributed by atoms with Crippen LogP contribution in [-0.4, -0.2) is 14.8 Å². The molecule has 1 aromatic carbocycles. The number of benzene rings is 1. The SMILES string of the molecule is CC[C@](C)(c1ccc(Cl)cc1)c1nnc2n1CCCCCC2. The highest BCUT2D eigenvalue weighted by atomic mass is 35.5. The molecule has 0 spiro atoms. The second kappa shape index (κ2) is 6.41. The summed E-state index contributed by atoms with van der Waals surface area (Å²) in [5, 5.41) is 9.88. The lowest BCUT2D eigenvalue weighted by Gasteiger charge is -2.29.